The van der Waals surface area contributed by atoms with E-state index in [0.29, 0.717) is 12.2 Å². The summed E-state index contributed by atoms with van der Waals surface area (Å²) in [4.78, 5) is 16.4. The predicted octanol–water partition coefficient (Wildman–Crippen LogP) is 1.58. The Morgan fingerprint density at radius 1 is 1.38 bits per heavy atom. The fraction of sp³-hybridized carbons (Fsp3) is 0.500. The zero-order valence-electron chi connectivity index (χ0n) is 12.7. The van der Waals surface area contributed by atoms with Crippen LogP contribution in [0.4, 0.5) is 0 Å². The molecule has 0 aliphatic rings. The Kier molecular flexibility index (Phi) is 5.09. The highest BCUT2D eigenvalue weighted by Gasteiger charge is 2.16. The summed E-state index contributed by atoms with van der Waals surface area (Å²) in [7, 11) is 0. The molecule has 5 nitrogen and oxygen atoms in total. The molecule has 0 bridgehead atoms. The number of hydrogen-bond donors (Lipinski definition) is 2. The molecule has 0 atom stereocenters. The van der Waals surface area contributed by atoms with Gasteiger partial charge in [-0.05, 0) is 30.4 Å². The van der Waals surface area contributed by atoms with E-state index in [1.165, 1.54) is 4.40 Å². The Labute approximate surface area is 124 Å². The van der Waals surface area contributed by atoms with Gasteiger partial charge in [0.25, 0.3) is 5.56 Å². The number of nitrogens with one attached hydrogen (secondary N) is 1. The largest absolute Gasteiger partial charge is 0.396 e. The molecule has 0 amide bonds. The third-order valence-corrected chi connectivity index (χ3v) is 3.55. The Morgan fingerprint density at radius 3 is 2.95 bits per heavy atom. The lowest BCUT2D eigenvalue weighted by atomic mass is 9.88. The zero-order valence-corrected chi connectivity index (χ0v) is 12.7. The number of pyridine rings is 1. The van der Waals surface area contributed by atoms with Crippen molar-refractivity contribution in [1.29, 1.82) is 0 Å². The number of fused-ring (bicyclic) bond motifs is 1. The molecule has 114 valence electrons. The van der Waals surface area contributed by atoms with E-state index in [-0.39, 0.29) is 17.6 Å². The van der Waals surface area contributed by atoms with Gasteiger partial charge in [0, 0.05) is 32.0 Å². The first-order chi connectivity index (χ1) is 10.0. The van der Waals surface area contributed by atoms with Gasteiger partial charge in [0.05, 0.1) is 5.69 Å². The van der Waals surface area contributed by atoms with Crippen molar-refractivity contribution in [3.05, 3.63) is 46.5 Å². The molecular formula is C16H23N3O2. The SMILES string of the molecule is CC(C)(CCCO)CNCc1cc(=O)n2ccccc2n1. The summed E-state index contributed by atoms with van der Waals surface area (Å²) in [5, 5.41) is 12.2. The van der Waals surface area contributed by atoms with E-state index >= 15 is 0 Å². The zero-order chi connectivity index (χ0) is 15.3. The lowest BCUT2D eigenvalue weighted by Crippen LogP contribution is -2.30. The van der Waals surface area contributed by atoms with Gasteiger partial charge in [-0.15, -0.1) is 0 Å². The van der Waals surface area contributed by atoms with E-state index in [9.17, 15) is 4.79 Å². The van der Waals surface area contributed by atoms with Crippen LogP contribution in [-0.4, -0.2) is 27.6 Å². The van der Waals surface area contributed by atoms with Crippen LogP contribution in [0.25, 0.3) is 5.65 Å². The fourth-order valence-corrected chi connectivity index (χ4v) is 2.37. The maximum absolute atomic E-state index is 12.0. The van der Waals surface area contributed by atoms with E-state index in [0.717, 1.165) is 25.1 Å². The highest BCUT2D eigenvalue weighted by molar-refractivity contribution is 5.37. The molecule has 5 heteroatoms. The van der Waals surface area contributed by atoms with E-state index in [2.05, 4.69) is 24.1 Å². The van der Waals surface area contributed by atoms with Crippen molar-refractivity contribution in [3.63, 3.8) is 0 Å². The second-order valence-electron chi connectivity index (χ2n) is 6.11. The Bertz CT molecular complexity index is 649. The predicted molar refractivity (Wildman–Crippen MR) is 83.3 cm³/mol. The van der Waals surface area contributed by atoms with E-state index < -0.39 is 0 Å². The summed E-state index contributed by atoms with van der Waals surface area (Å²) in [6.45, 7) is 5.95. The molecular weight excluding hydrogens is 266 g/mol. The minimum absolute atomic E-state index is 0.0584. The maximum Gasteiger partial charge on any atom is 0.258 e. The standard InChI is InChI=1S/C16H23N3O2/c1-16(2,7-5-9-20)12-17-11-13-10-15(21)19-8-4-3-6-14(19)18-13/h3-4,6,8,10,17,20H,5,7,9,11-12H2,1-2H3. The van der Waals surface area contributed by atoms with E-state index in [4.69, 9.17) is 5.11 Å². The first kappa shape index (κ1) is 15.7. The van der Waals surface area contributed by atoms with Gasteiger partial charge in [-0.3, -0.25) is 9.20 Å². The van der Waals surface area contributed by atoms with Crippen LogP contribution in [0.2, 0.25) is 0 Å². The highest BCUT2D eigenvalue weighted by atomic mass is 16.2. The van der Waals surface area contributed by atoms with Crippen molar-refractivity contribution >= 4 is 5.65 Å². The molecule has 0 aromatic carbocycles. The number of aromatic nitrogens is 2. The molecule has 0 saturated heterocycles. The second kappa shape index (κ2) is 6.83. The summed E-state index contributed by atoms with van der Waals surface area (Å²) in [5.74, 6) is 0. The van der Waals surface area contributed by atoms with Gasteiger partial charge >= 0.3 is 0 Å². The molecule has 2 heterocycles. The number of hydrogen-bond acceptors (Lipinski definition) is 4. The van der Waals surface area contributed by atoms with Crippen molar-refractivity contribution in [2.24, 2.45) is 5.41 Å². The van der Waals surface area contributed by atoms with Crippen molar-refractivity contribution < 1.29 is 5.11 Å². The summed E-state index contributed by atoms with van der Waals surface area (Å²) >= 11 is 0. The Hall–Kier alpha value is -1.72. The van der Waals surface area contributed by atoms with Crippen molar-refractivity contribution in [3.8, 4) is 0 Å². The van der Waals surface area contributed by atoms with Gasteiger partial charge < -0.3 is 10.4 Å². The number of nitrogens with zero attached hydrogens (tertiary/aromatic N) is 2. The molecule has 2 N–H and O–H groups in total. The van der Waals surface area contributed by atoms with Crippen LogP contribution in [0.5, 0.6) is 0 Å². The normalized spacial score (nSPS) is 12.0. The van der Waals surface area contributed by atoms with Crippen LogP contribution < -0.4 is 10.9 Å². The highest BCUT2D eigenvalue weighted by Crippen LogP contribution is 2.20. The van der Waals surface area contributed by atoms with Crippen molar-refractivity contribution in [1.82, 2.24) is 14.7 Å². The van der Waals surface area contributed by atoms with Crippen LogP contribution in [0, 0.1) is 5.41 Å². The molecule has 2 aromatic heterocycles. The summed E-state index contributed by atoms with van der Waals surface area (Å²) < 4.78 is 1.54. The van der Waals surface area contributed by atoms with Crippen molar-refractivity contribution in [2.45, 2.75) is 33.2 Å². The molecule has 0 spiro atoms. The lowest BCUT2D eigenvalue weighted by Gasteiger charge is -2.24. The number of aliphatic hydroxyl groups excluding tert-OH is 1. The van der Waals surface area contributed by atoms with Gasteiger partial charge in [-0.2, -0.15) is 0 Å². The van der Waals surface area contributed by atoms with Crippen molar-refractivity contribution in [2.75, 3.05) is 13.2 Å². The Balaban J connectivity index is 1.99. The monoisotopic (exact) mass is 289 g/mol. The lowest BCUT2D eigenvalue weighted by molar-refractivity contribution is 0.236. The molecule has 2 aromatic rings. The summed E-state index contributed by atoms with van der Waals surface area (Å²) in [6, 6.07) is 7.09. The van der Waals surface area contributed by atoms with Crippen LogP contribution in [0.3, 0.4) is 0 Å². The van der Waals surface area contributed by atoms with E-state index in [1.807, 2.05) is 18.2 Å². The van der Waals surface area contributed by atoms with Crippen LogP contribution in [0.1, 0.15) is 32.4 Å². The molecule has 21 heavy (non-hydrogen) atoms. The van der Waals surface area contributed by atoms with Gasteiger partial charge in [-0.1, -0.05) is 19.9 Å². The number of aliphatic hydroxyl groups is 1. The topological polar surface area (TPSA) is 66.6 Å². The minimum Gasteiger partial charge on any atom is -0.396 e. The molecule has 0 unspecified atom stereocenters. The van der Waals surface area contributed by atoms with Gasteiger partial charge in [0.2, 0.25) is 0 Å². The van der Waals surface area contributed by atoms with Crippen LogP contribution in [-0.2, 0) is 6.54 Å². The summed E-state index contributed by atoms with van der Waals surface area (Å²) in [5.41, 5.74) is 1.48. The molecule has 0 aliphatic heterocycles. The fourth-order valence-electron chi connectivity index (χ4n) is 2.37. The van der Waals surface area contributed by atoms with Gasteiger partial charge in [0.15, 0.2) is 0 Å². The molecule has 2 rings (SSSR count). The average molecular weight is 289 g/mol. The first-order valence-electron chi connectivity index (χ1n) is 7.31. The third kappa shape index (κ3) is 4.37. The molecule has 0 aliphatic carbocycles. The third-order valence-electron chi connectivity index (χ3n) is 3.55. The van der Waals surface area contributed by atoms with Crippen LogP contribution in [0.15, 0.2) is 35.3 Å². The maximum atomic E-state index is 12.0. The van der Waals surface area contributed by atoms with Gasteiger partial charge in [0.1, 0.15) is 5.65 Å². The molecule has 0 radical (unpaired) electrons. The molecule has 0 saturated carbocycles. The Morgan fingerprint density at radius 2 is 2.19 bits per heavy atom. The summed E-state index contributed by atoms with van der Waals surface area (Å²) in [6.07, 6.45) is 3.49. The molecule has 0 fully saturated rings. The van der Waals surface area contributed by atoms with E-state index in [1.54, 1.807) is 12.3 Å². The average Bonchev–Trinajstić information content (AvgIpc) is 2.45. The number of rotatable bonds is 7. The van der Waals surface area contributed by atoms with Crippen LogP contribution >= 0.6 is 0 Å². The minimum atomic E-state index is -0.0584. The quantitative estimate of drug-likeness (QED) is 0.812. The first-order valence-corrected chi connectivity index (χ1v) is 7.31. The second-order valence-corrected chi connectivity index (χ2v) is 6.11. The smallest absolute Gasteiger partial charge is 0.258 e. The van der Waals surface area contributed by atoms with Gasteiger partial charge in [-0.25, -0.2) is 4.98 Å².